The van der Waals surface area contributed by atoms with Gasteiger partial charge in [-0.2, -0.15) is 0 Å². The average Bonchev–Trinajstić information content (AvgIpc) is 2.19. The second-order valence-electron chi connectivity index (χ2n) is 4.07. The first-order chi connectivity index (χ1) is 6.88. The number of carbonyl (C=O) groups is 1. The molecule has 3 nitrogen and oxygen atoms in total. The molecule has 1 rings (SSSR count). The molecule has 84 valence electrons. The molecule has 1 aromatic carbocycles. The highest BCUT2D eigenvalue weighted by atomic mass is 16.4. The minimum absolute atomic E-state index is 0.111. The van der Waals surface area contributed by atoms with Crippen molar-refractivity contribution in [1.29, 1.82) is 0 Å². The van der Waals surface area contributed by atoms with Crippen molar-refractivity contribution in [2.24, 2.45) is 0 Å². The highest BCUT2D eigenvalue weighted by Crippen LogP contribution is 2.14. The molecule has 0 bridgehead atoms. The average molecular weight is 209 g/mol. The molecule has 0 amide bonds. The van der Waals surface area contributed by atoms with E-state index in [0.29, 0.717) is 0 Å². The van der Waals surface area contributed by atoms with Gasteiger partial charge in [-0.1, -0.05) is 25.1 Å². The third kappa shape index (κ3) is 6.69. The Kier molecular flexibility index (Phi) is 5.64. The summed E-state index contributed by atoms with van der Waals surface area (Å²) in [5.41, 5.74) is 1.34. The molecule has 0 aliphatic carbocycles. The van der Waals surface area contributed by atoms with Crippen molar-refractivity contribution in [3.05, 3.63) is 30.3 Å². The van der Waals surface area contributed by atoms with E-state index in [4.69, 9.17) is 0 Å². The van der Waals surface area contributed by atoms with Crippen molar-refractivity contribution in [2.45, 2.75) is 13.3 Å². The van der Waals surface area contributed by atoms with E-state index in [1.807, 2.05) is 6.07 Å². The van der Waals surface area contributed by atoms with E-state index in [1.165, 1.54) is 12.6 Å². The van der Waals surface area contributed by atoms with Crippen LogP contribution in [0, 0.1) is 0 Å². The first-order valence-corrected chi connectivity index (χ1v) is 4.94. The Bertz CT molecular complexity index is 288. The predicted octanol–water partition coefficient (Wildman–Crippen LogP) is 1.03. The van der Waals surface area contributed by atoms with E-state index in [2.05, 4.69) is 45.4 Å². The van der Waals surface area contributed by atoms with E-state index in [1.54, 1.807) is 0 Å². The van der Waals surface area contributed by atoms with E-state index >= 15 is 0 Å². The highest BCUT2D eigenvalue weighted by molar-refractivity contribution is 5.63. The van der Waals surface area contributed by atoms with Gasteiger partial charge in [-0.3, -0.25) is 4.48 Å². The molecule has 0 heterocycles. The number of rotatable bonds is 2. The Balaban J connectivity index is 0.000000336. The summed E-state index contributed by atoms with van der Waals surface area (Å²) in [5.74, 6) is -0.995. The van der Waals surface area contributed by atoms with Crippen LogP contribution in [0.2, 0.25) is 0 Å². The lowest BCUT2D eigenvalue weighted by atomic mass is 10.3. The van der Waals surface area contributed by atoms with Crippen LogP contribution < -0.4 is 9.59 Å². The lowest BCUT2D eigenvalue weighted by Gasteiger charge is -2.22. The van der Waals surface area contributed by atoms with Crippen LogP contribution in [-0.2, 0) is 4.79 Å². The van der Waals surface area contributed by atoms with Gasteiger partial charge in [0.1, 0.15) is 5.69 Å². The SMILES string of the molecule is CCC(=O)[O-].C[N+](C)(C)c1ccccc1. The summed E-state index contributed by atoms with van der Waals surface area (Å²) >= 11 is 0. The van der Waals surface area contributed by atoms with Gasteiger partial charge in [0.15, 0.2) is 0 Å². The van der Waals surface area contributed by atoms with Gasteiger partial charge in [0.2, 0.25) is 0 Å². The molecule has 0 saturated heterocycles. The molecule has 15 heavy (non-hydrogen) atoms. The molecule has 0 saturated carbocycles. The molecule has 0 spiro atoms. The van der Waals surface area contributed by atoms with Gasteiger partial charge in [-0.05, 0) is 18.6 Å². The second kappa shape index (κ2) is 6.19. The standard InChI is InChI=1S/C9H14N.C3H6O2/c1-10(2,3)9-7-5-4-6-8-9;1-2-3(4)5/h4-8H,1-3H3;2H2,1H3,(H,4,5)/q+1;/p-1. The zero-order valence-corrected chi connectivity index (χ0v) is 9.86. The molecule has 0 atom stereocenters. The molecule has 1 aromatic rings. The fourth-order valence-electron chi connectivity index (χ4n) is 0.875. The van der Waals surface area contributed by atoms with Crippen LogP contribution in [0.4, 0.5) is 5.69 Å². The fourth-order valence-corrected chi connectivity index (χ4v) is 0.875. The number of carboxylic acids is 1. The first-order valence-electron chi connectivity index (χ1n) is 4.94. The van der Waals surface area contributed by atoms with Crippen LogP contribution in [0.25, 0.3) is 0 Å². The van der Waals surface area contributed by atoms with Gasteiger partial charge in [0.05, 0.1) is 21.1 Å². The minimum atomic E-state index is -0.995. The van der Waals surface area contributed by atoms with Crippen LogP contribution in [0.5, 0.6) is 0 Å². The summed E-state index contributed by atoms with van der Waals surface area (Å²) in [7, 11) is 6.49. The molecular weight excluding hydrogens is 190 g/mol. The summed E-state index contributed by atoms with van der Waals surface area (Å²) < 4.78 is 0.890. The molecule has 0 aliphatic heterocycles. The number of quaternary nitrogens is 1. The topological polar surface area (TPSA) is 40.1 Å². The number of para-hydroxylation sites is 1. The molecule has 0 unspecified atom stereocenters. The van der Waals surface area contributed by atoms with Crippen molar-refractivity contribution in [2.75, 3.05) is 21.1 Å². The highest BCUT2D eigenvalue weighted by Gasteiger charge is 2.08. The summed E-state index contributed by atoms with van der Waals surface area (Å²) in [6, 6.07) is 10.5. The Morgan fingerprint density at radius 2 is 1.60 bits per heavy atom. The van der Waals surface area contributed by atoms with Crippen LogP contribution in [-0.4, -0.2) is 27.1 Å². The summed E-state index contributed by atoms with van der Waals surface area (Å²) in [6.45, 7) is 1.54. The van der Waals surface area contributed by atoms with E-state index < -0.39 is 5.97 Å². The number of aliphatic carboxylic acids is 1. The molecule has 3 heteroatoms. The number of benzene rings is 1. The fraction of sp³-hybridized carbons (Fsp3) is 0.417. The molecule has 0 radical (unpaired) electrons. The van der Waals surface area contributed by atoms with Gasteiger partial charge in [0, 0.05) is 5.97 Å². The third-order valence-electron chi connectivity index (χ3n) is 1.82. The monoisotopic (exact) mass is 209 g/mol. The second-order valence-corrected chi connectivity index (χ2v) is 4.07. The first kappa shape index (κ1) is 13.7. The number of nitrogens with zero attached hydrogens (tertiary/aromatic N) is 1. The summed E-state index contributed by atoms with van der Waals surface area (Å²) in [4.78, 5) is 9.26. The zero-order valence-electron chi connectivity index (χ0n) is 9.86. The van der Waals surface area contributed by atoms with Crippen LogP contribution in [0.15, 0.2) is 30.3 Å². The van der Waals surface area contributed by atoms with Crippen molar-refractivity contribution >= 4 is 11.7 Å². The van der Waals surface area contributed by atoms with Crippen LogP contribution >= 0.6 is 0 Å². The summed E-state index contributed by atoms with van der Waals surface area (Å²) in [5, 5.41) is 9.26. The largest absolute Gasteiger partial charge is 0.550 e. The van der Waals surface area contributed by atoms with Crippen LogP contribution in [0.3, 0.4) is 0 Å². The Hall–Kier alpha value is -1.35. The lowest BCUT2D eigenvalue weighted by molar-refractivity contribution is -0.305. The number of carbonyl (C=O) groups excluding carboxylic acids is 1. The Morgan fingerprint density at radius 3 is 1.80 bits per heavy atom. The zero-order chi connectivity index (χ0) is 11.9. The third-order valence-corrected chi connectivity index (χ3v) is 1.82. The number of hydrogen-bond donors (Lipinski definition) is 0. The summed E-state index contributed by atoms with van der Waals surface area (Å²) in [6.07, 6.45) is 0.111. The van der Waals surface area contributed by atoms with Crippen molar-refractivity contribution in [1.82, 2.24) is 4.48 Å². The van der Waals surface area contributed by atoms with Crippen molar-refractivity contribution in [3.63, 3.8) is 0 Å². The molecule has 0 aliphatic rings. The Labute approximate surface area is 91.6 Å². The predicted molar refractivity (Wildman–Crippen MR) is 61.3 cm³/mol. The van der Waals surface area contributed by atoms with Gasteiger partial charge in [-0.25, -0.2) is 0 Å². The van der Waals surface area contributed by atoms with E-state index in [-0.39, 0.29) is 6.42 Å². The van der Waals surface area contributed by atoms with Gasteiger partial charge >= 0.3 is 0 Å². The lowest BCUT2D eigenvalue weighted by Crippen LogP contribution is -2.34. The van der Waals surface area contributed by atoms with Crippen LogP contribution in [0.1, 0.15) is 13.3 Å². The maximum absolute atomic E-state index is 9.26. The molecule has 0 fully saturated rings. The van der Waals surface area contributed by atoms with Gasteiger partial charge in [-0.15, -0.1) is 0 Å². The quantitative estimate of drug-likeness (QED) is 0.682. The maximum Gasteiger partial charge on any atom is 0.132 e. The Morgan fingerprint density at radius 1 is 1.20 bits per heavy atom. The van der Waals surface area contributed by atoms with Gasteiger partial charge < -0.3 is 9.90 Å². The van der Waals surface area contributed by atoms with E-state index in [0.717, 1.165) is 4.48 Å². The smallest absolute Gasteiger partial charge is 0.132 e. The maximum atomic E-state index is 9.26. The van der Waals surface area contributed by atoms with Gasteiger partial charge in [0.25, 0.3) is 0 Å². The number of hydrogen-bond acceptors (Lipinski definition) is 2. The normalized spacial score (nSPS) is 10.1. The molecule has 0 aromatic heterocycles. The number of carboxylic acid groups (broad SMARTS) is 1. The molecular formula is C12H19NO2. The van der Waals surface area contributed by atoms with Crippen molar-refractivity contribution in [3.8, 4) is 0 Å². The minimum Gasteiger partial charge on any atom is -0.550 e. The van der Waals surface area contributed by atoms with Crippen molar-refractivity contribution < 1.29 is 9.90 Å². The van der Waals surface area contributed by atoms with E-state index in [9.17, 15) is 9.90 Å². The molecule has 0 N–H and O–H groups in total.